The molecule has 0 fully saturated rings. The maximum Gasteiger partial charge on any atom is 0.0807 e. The molecule has 2 unspecified atom stereocenters. The van der Waals surface area contributed by atoms with E-state index in [1.54, 1.807) is 0 Å². The van der Waals surface area contributed by atoms with E-state index in [0.29, 0.717) is 6.04 Å². The molecule has 0 aliphatic carbocycles. The van der Waals surface area contributed by atoms with Gasteiger partial charge >= 0.3 is 0 Å². The summed E-state index contributed by atoms with van der Waals surface area (Å²) in [6, 6.07) is 2.38. The number of rotatable bonds is 9. The summed E-state index contributed by atoms with van der Waals surface area (Å²) in [5.74, 6) is 0. The highest BCUT2D eigenvalue weighted by atomic mass is 16.5. The largest absolute Gasteiger partial charge is 0.374 e. The maximum absolute atomic E-state index is 6.02. The van der Waals surface area contributed by atoms with Crippen molar-refractivity contribution < 1.29 is 4.74 Å². The zero-order chi connectivity index (χ0) is 14.3. The van der Waals surface area contributed by atoms with Crippen molar-refractivity contribution in [2.24, 2.45) is 7.05 Å². The minimum Gasteiger partial charge on any atom is -0.374 e. The first-order chi connectivity index (χ1) is 9.05. The molecular weight excluding hydrogens is 238 g/mol. The van der Waals surface area contributed by atoms with Crippen LogP contribution in [0, 0.1) is 0 Å². The van der Waals surface area contributed by atoms with E-state index in [9.17, 15) is 0 Å². The van der Waals surface area contributed by atoms with E-state index in [4.69, 9.17) is 4.74 Å². The quantitative estimate of drug-likeness (QED) is 0.747. The number of nitrogens with one attached hydrogen (secondary N) is 1. The van der Waals surface area contributed by atoms with Crippen molar-refractivity contribution in [3.63, 3.8) is 0 Å². The molecule has 110 valence electrons. The molecule has 2 atom stereocenters. The molecule has 1 aromatic rings. The Hall–Kier alpha value is -0.870. The van der Waals surface area contributed by atoms with E-state index in [2.05, 4.69) is 44.2 Å². The molecule has 4 nitrogen and oxygen atoms in total. The first kappa shape index (κ1) is 16.2. The lowest BCUT2D eigenvalue weighted by molar-refractivity contribution is -0.0551. The first-order valence-electron chi connectivity index (χ1n) is 7.41. The van der Waals surface area contributed by atoms with Crippen molar-refractivity contribution in [3.8, 4) is 0 Å². The van der Waals surface area contributed by atoms with E-state index < -0.39 is 0 Å². The highest BCUT2D eigenvalue weighted by Crippen LogP contribution is 2.23. The minimum absolute atomic E-state index is 0.137. The van der Waals surface area contributed by atoms with Gasteiger partial charge in [-0.05, 0) is 39.3 Å². The zero-order valence-corrected chi connectivity index (χ0v) is 13.1. The second-order valence-electron chi connectivity index (χ2n) is 5.29. The predicted molar refractivity (Wildman–Crippen MR) is 79.3 cm³/mol. The second-order valence-corrected chi connectivity index (χ2v) is 5.29. The lowest BCUT2D eigenvalue weighted by Crippen LogP contribution is -2.52. The number of aryl methyl sites for hydroxylation is 1. The van der Waals surface area contributed by atoms with E-state index >= 15 is 0 Å². The third-order valence-corrected chi connectivity index (χ3v) is 3.74. The number of hydrogen-bond donors (Lipinski definition) is 1. The number of ether oxygens (including phenoxy) is 1. The fourth-order valence-electron chi connectivity index (χ4n) is 2.38. The molecule has 0 aliphatic rings. The zero-order valence-electron chi connectivity index (χ0n) is 13.1. The van der Waals surface area contributed by atoms with Crippen LogP contribution >= 0.6 is 0 Å². The lowest BCUT2D eigenvalue weighted by Gasteiger charge is -2.37. The summed E-state index contributed by atoms with van der Waals surface area (Å²) in [6.07, 6.45) is 5.03. The summed E-state index contributed by atoms with van der Waals surface area (Å²) in [5.41, 5.74) is 0.983. The van der Waals surface area contributed by atoms with Crippen LogP contribution in [0.25, 0.3) is 0 Å². The minimum atomic E-state index is -0.137. The van der Waals surface area contributed by atoms with Crippen LogP contribution in [-0.4, -0.2) is 34.6 Å². The van der Waals surface area contributed by atoms with Gasteiger partial charge < -0.3 is 10.1 Å². The van der Waals surface area contributed by atoms with Gasteiger partial charge in [0.25, 0.3) is 0 Å². The third kappa shape index (κ3) is 4.62. The molecule has 0 amide bonds. The molecule has 1 heterocycles. The average molecular weight is 267 g/mol. The maximum atomic E-state index is 6.02. The molecule has 4 heteroatoms. The summed E-state index contributed by atoms with van der Waals surface area (Å²) in [6.45, 7) is 10.4. The van der Waals surface area contributed by atoms with Crippen LogP contribution in [0.3, 0.4) is 0 Å². The Balaban J connectivity index is 2.80. The van der Waals surface area contributed by atoms with Crippen LogP contribution in [0.1, 0.15) is 46.2 Å². The van der Waals surface area contributed by atoms with Crippen molar-refractivity contribution >= 4 is 0 Å². The molecule has 19 heavy (non-hydrogen) atoms. The van der Waals surface area contributed by atoms with Gasteiger partial charge in [-0.3, -0.25) is 4.68 Å². The van der Waals surface area contributed by atoms with Crippen molar-refractivity contribution in [2.75, 3.05) is 13.2 Å². The van der Waals surface area contributed by atoms with Crippen molar-refractivity contribution in [1.82, 2.24) is 15.1 Å². The lowest BCUT2D eigenvalue weighted by atomic mass is 9.89. The van der Waals surface area contributed by atoms with Crippen LogP contribution in [0.4, 0.5) is 0 Å². The summed E-state index contributed by atoms with van der Waals surface area (Å²) in [5, 5.41) is 8.12. The summed E-state index contributed by atoms with van der Waals surface area (Å²) in [7, 11) is 1.96. The van der Waals surface area contributed by atoms with Crippen LogP contribution in [0.15, 0.2) is 12.3 Å². The molecule has 0 aliphatic heterocycles. The van der Waals surface area contributed by atoms with Gasteiger partial charge in [0, 0.05) is 32.3 Å². The third-order valence-electron chi connectivity index (χ3n) is 3.74. The van der Waals surface area contributed by atoms with Crippen LogP contribution < -0.4 is 5.32 Å². The van der Waals surface area contributed by atoms with Crippen molar-refractivity contribution in [1.29, 1.82) is 0 Å². The van der Waals surface area contributed by atoms with Gasteiger partial charge in [0.15, 0.2) is 0 Å². The Morgan fingerprint density at radius 2 is 2.16 bits per heavy atom. The number of nitrogens with zero attached hydrogens (tertiary/aromatic N) is 2. The van der Waals surface area contributed by atoms with Crippen molar-refractivity contribution in [2.45, 2.75) is 58.6 Å². The Morgan fingerprint density at radius 1 is 1.42 bits per heavy atom. The van der Waals surface area contributed by atoms with E-state index in [0.717, 1.165) is 38.1 Å². The molecule has 0 bridgehead atoms. The first-order valence-corrected chi connectivity index (χ1v) is 7.41. The molecule has 1 rings (SSSR count). The molecule has 0 saturated carbocycles. The molecular formula is C15H29N3O. The summed E-state index contributed by atoms with van der Waals surface area (Å²) in [4.78, 5) is 0. The topological polar surface area (TPSA) is 39.1 Å². The Kier molecular flexibility index (Phi) is 6.52. The normalized spacial score (nSPS) is 16.3. The van der Waals surface area contributed by atoms with Crippen LogP contribution in [0.5, 0.6) is 0 Å². The second kappa shape index (κ2) is 7.65. The standard InChI is InChI=1S/C15H29N3O/c1-6-10-16-14(15(4,7-2)19-8-3)12-13-9-11-18(5)17-13/h9,11,14,16H,6-8,10,12H2,1-5H3. The monoisotopic (exact) mass is 267 g/mol. The molecule has 1 N–H and O–H groups in total. The smallest absolute Gasteiger partial charge is 0.0807 e. The van der Waals surface area contributed by atoms with Gasteiger partial charge in [-0.15, -0.1) is 0 Å². The summed E-state index contributed by atoms with van der Waals surface area (Å²) < 4.78 is 7.88. The van der Waals surface area contributed by atoms with Gasteiger partial charge in [0.05, 0.1) is 11.3 Å². The van der Waals surface area contributed by atoms with E-state index in [-0.39, 0.29) is 5.60 Å². The van der Waals surface area contributed by atoms with Gasteiger partial charge in [0.2, 0.25) is 0 Å². The highest BCUT2D eigenvalue weighted by molar-refractivity contribution is 5.05. The number of hydrogen-bond acceptors (Lipinski definition) is 3. The summed E-state index contributed by atoms with van der Waals surface area (Å²) >= 11 is 0. The molecule has 0 aromatic carbocycles. The predicted octanol–water partition coefficient (Wildman–Crippen LogP) is 2.54. The molecule has 0 spiro atoms. The van der Waals surface area contributed by atoms with E-state index in [1.807, 2.05) is 17.9 Å². The fraction of sp³-hybridized carbons (Fsp3) is 0.800. The Morgan fingerprint density at radius 3 is 2.63 bits per heavy atom. The number of aromatic nitrogens is 2. The van der Waals surface area contributed by atoms with Gasteiger partial charge in [-0.25, -0.2) is 0 Å². The Bertz CT molecular complexity index is 364. The molecule has 1 aromatic heterocycles. The van der Waals surface area contributed by atoms with Crippen LogP contribution in [-0.2, 0) is 18.2 Å². The highest BCUT2D eigenvalue weighted by Gasteiger charge is 2.33. The Labute approximate surface area is 117 Å². The van der Waals surface area contributed by atoms with Crippen molar-refractivity contribution in [3.05, 3.63) is 18.0 Å². The van der Waals surface area contributed by atoms with Gasteiger partial charge in [-0.1, -0.05) is 13.8 Å². The van der Waals surface area contributed by atoms with E-state index in [1.165, 1.54) is 0 Å². The van der Waals surface area contributed by atoms with Crippen LogP contribution in [0.2, 0.25) is 0 Å². The van der Waals surface area contributed by atoms with Gasteiger partial charge in [0.1, 0.15) is 0 Å². The molecule has 0 radical (unpaired) electrons. The SMILES string of the molecule is CCCNC(Cc1ccn(C)n1)C(C)(CC)OCC. The van der Waals surface area contributed by atoms with Gasteiger partial charge in [-0.2, -0.15) is 5.10 Å². The average Bonchev–Trinajstić information content (AvgIpc) is 2.80. The fourth-order valence-corrected chi connectivity index (χ4v) is 2.38. The molecule has 0 saturated heterocycles.